The van der Waals surface area contributed by atoms with Crippen LogP contribution < -0.4 is 5.73 Å². The van der Waals surface area contributed by atoms with Crippen molar-refractivity contribution in [2.24, 2.45) is 11.7 Å². The van der Waals surface area contributed by atoms with E-state index in [-0.39, 0.29) is 11.6 Å². The number of hydrogen-bond donors (Lipinski definition) is 1. The highest BCUT2D eigenvalue weighted by molar-refractivity contribution is 6.30. The van der Waals surface area contributed by atoms with Gasteiger partial charge in [0.1, 0.15) is 0 Å². The summed E-state index contributed by atoms with van der Waals surface area (Å²) in [6, 6.07) is 8.15. The molecule has 1 spiro atoms. The smallest absolute Gasteiger partial charge is 0.0939 e. The Bertz CT molecular complexity index is 460. The summed E-state index contributed by atoms with van der Waals surface area (Å²) >= 11 is 6.04. The van der Waals surface area contributed by atoms with E-state index in [9.17, 15) is 0 Å². The monoisotopic (exact) mass is 295 g/mol. The number of benzene rings is 1. The van der Waals surface area contributed by atoms with E-state index in [4.69, 9.17) is 26.8 Å². The van der Waals surface area contributed by atoms with Crippen LogP contribution in [0.25, 0.3) is 0 Å². The zero-order chi connectivity index (χ0) is 14.0. The van der Waals surface area contributed by atoms with Gasteiger partial charge in [0.15, 0.2) is 0 Å². The molecule has 110 valence electrons. The third kappa shape index (κ3) is 3.17. The van der Waals surface area contributed by atoms with Crippen LogP contribution in [0, 0.1) is 5.92 Å². The predicted octanol–water partition coefficient (Wildman–Crippen LogP) is 2.80. The number of rotatable bonds is 3. The molecule has 2 saturated heterocycles. The highest BCUT2D eigenvalue weighted by atomic mass is 35.5. The van der Waals surface area contributed by atoms with Crippen LogP contribution in [0.2, 0.25) is 5.02 Å². The Hall–Kier alpha value is -0.610. The van der Waals surface area contributed by atoms with E-state index in [1.165, 1.54) is 5.56 Å². The van der Waals surface area contributed by atoms with Crippen LogP contribution in [-0.4, -0.2) is 31.5 Å². The van der Waals surface area contributed by atoms with Gasteiger partial charge in [-0.2, -0.15) is 0 Å². The van der Waals surface area contributed by atoms with E-state index in [2.05, 4.69) is 6.07 Å². The maximum absolute atomic E-state index is 6.44. The van der Waals surface area contributed by atoms with E-state index in [0.717, 1.165) is 50.5 Å². The maximum Gasteiger partial charge on any atom is 0.0939 e. The summed E-state index contributed by atoms with van der Waals surface area (Å²) < 4.78 is 11.5. The van der Waals surface area contributed by atoms with E-state index in [0.29, 0.717) is 5.92 Å². The molecule has 0 saturated carbocycles. The Morgan fingerprint density at radius 3 is 3.05 bits per heavy atom. The summed E-state index contributed by atoms with van der Waals surface area (Å²) in [5.41, 5.74) is 7.60. The van der Waals surface area contributed by atoms with E-state index >= 15 is 0 Å². The second kappa shape index (κ2) is 6.02. The molecule has 3 nitrogen and oxygen atoms in total. The predicted molar refractivity (Wildman–Crippen MR) is 80.0 cm³/mol. The number of ether oxygens (including phenoxy) is 2. The van der Waals surface area contributed by atoms with Crippen molar-refractivity contribution in [3.63, 3.8) is 0 Å². The maximum atomic E-state index is 6.44. The van der Waals surface area contributed by atoms with Gasteiger partial charge in [0.05, 0.1) is 12.2 Å². The van der Waals surface area contributed by atoms with Crippen LogP contribution >= 0.6 is 11.6 Å². The van der Waals surface area contributed by atoms with Gasteiger partial charge in [-0.1, -0.05) is 23.7 Å². The number of hydrogen-bond acceptors (Lipinski definition) is 3. The topological polar surface area (TPSA) is 44.5 Å². The van der Waals surface area contributed by atoms with Crippen LogP contribution in [0.15, 0.2) is 24.3 Å². The summed E-state index contributed by atoms with van der Waals surface area (Å²) in [5.74, 6) is 0.504. The fourth-order valence-electron chi connectivity index (χ4n) is 3.40. The quantitative estimate of drug-likeness (QED) is 0.932. The molecule has 0 radical (unpaired) electrons. The molecule has 0 amide bonds. The molecule has 2 aliphatic heterocycles. The second-order valence-corrected chi connectivity index (χ2v) is 6.52. The first-order valence-corrected chi connectivity index (χ1v) is 7.76. The van der Waals surface area contributed by atoms with Gasteiger partial charge >= 0.3 is 0 Å². The van der Waals surface area contributed by atoms with Gasteiger partial charge in [-0.3, -0.25) is 0 Å². The zero-order valence-corrected chi connectivity index (χ0v) is 12.4. The fraction of sp³-hybridized carbons (Fsp3) is 0.625. The summed E-state index contributed by atoms with van der Waals surface area (Å²) in [4.78, 5) is 0. The standard InChI is InChI=1S/C16H22ClNO2/c17-14-3-1-2-12(8-14)9-15(18)13-4-6-20-16(10-13)5-7-19-11-16/h1-3,8,13,15H,4-7,9-11,18H2. The summed E-state index contributed by atoms with van der Waals surface area (Å²) in [7, 11) is 0. The van der Waals surface area contributed by atoms with Gasteiger partial charge in [-0.15, -0.1) is 0 Å². The lowest BCUT2D eigenvalue weighted by Crippen LogP contribution is -2.46. The lowest BCUT2D eigenvalue weighted by Gasteiger charge is -2.39. The van der Waals surface area contributed by atoms with E-state index in [1.54, 1.807) is 0 Å². The van der Waals surface area contributed by atoms with E-state index in [1.807, 2.05) is 18.2 Å². The van der Waals surface area contributed by atoms with Gasteiger partial charge < -0.3 is 15.2 Å². The molecule has 3 rings (SSSR count). The molecule has 0 bridgehead atoms. The van der Waals surface area contributed by atoms with Crippen molar-refractivity contribution in [2.45, 2.75) is 37.3 Å². The average molecular weight is 296 g/mol. The third-order valence-electron chi connectivity index (χ3n) is 4.56. The molecule has 2 heterocycles. The Kier molecular flexibility index (Phi) is 4.32. The lowest BCUT2D eigenvalue weighted by molar-refractivity contribution is -0.101. The van der Waals surface area contributed by atoms with Crippen molar-refractivity contribution in [1.82, 2.24) is 0 Å². The zero-order valence-electron chi connectivity index (χ0n) is 11.7. The molecule has 3 unspecified atom stereocenters. The largest absolute Gasteiger partial charge is 0.378 e. The number of halogens is 1. The molecule has 4 heteroatoms. The lowest BCUT2D eigenvalue weighted by atomic mass is 9.80. The molecule has 1 aromatic carbocycles. The molecule has 0 aromatic heterocycles. The first kappa shape index (κ1) is 14.3. The Labute approximate surface area is 125 Å². The van der Waals surface area contributed by atoms with Gasteiger partial charge in [0.25, 0.3) is 0 Å². The normalized spacial score (nSPS) is 31.6. The van der Waals surface area contributed by atoms with Crippen molar-refractivity contribution in [2.75, 3.05) is 19.8 Å². The average Bonchev–Trinajstić information content (AvgIpc) is 2.87. The van der Waals surface area contributed by atoms with Crippen molar-refractivity contribution in [1.29, 1.82) is 0 Å². The van der Waals surface area contributed by atoms with Crippen LogP contribution in [0.4, 0.5) is 0 Å². The first-order valence-electron chi connectivity index (χ1n) is 7.39. The van der Waals surface area contributed by atoms with Crippen molar-refractivity contribution >= 4 is 11.6 Å². The molecule has 3 atom stereocenters. The van der Waals surface area contributed by atoms with Crippen LogP contribution in [-0.2, 0) is 15.9 Å². The fourth-order valence-corrected chi connectivity index (χ4v) is 3.61. The van der Waals surface area contributed by atoms with Gasteiger partial charge in [-0.05, 0) is 42.9 Å². The highest BCUT2D eigenvalue weighted by Gasteiger charge is 2.42. The van der Waals surface area contributed by atoms with Crippen molar-refractivity contribution < 1.29 is 9.47 Å². The Balaban J connectivity index is 1.63. The summed E-state index contributed by atoms with van der Waals surface area (Å²) in [6.07, 6.45) is 3.95. The SMILES string of the molecule is NC(Cc1cccc(Cl)c1)C1CCOC2(CCOC2)C1. The minimum atomic E-state index is -0.0606. The van der Waals surface area contributed by atoms with Gasteiger partial charge in [0, 0.05) is 30.7 Å². The van der Waals surface area contributed by atoms with Crippen LogP contribution in [0.1, 0.15) is 24.8 Å². The number of nitrogens with two attached hydrogens (primary N) is 1. The Morgan fingerprint density at radius 1 is 1.40 bits per heavy atom. The minimum absolute atomic E-state index is 0.0606. The summed E-state index contributed by atoms with van der Waals surface area (Å²) in [5, 5.41) is 0.780. The van der Waals surface area contributed by atoms with Crippen LogP contribution in [0.3, 0.4) is 0 Å². The molecule has 2 N–H and O–H groups in total. The van der Waals surface area contributed by atoms with E-state index < -0.39 is 0 Å². The van der Waals surface area contributed by atoms with Crippen molar-refractivity contribution in [3.05, 3.63) is 34.9 Å². The molecule has 2 fully saturated rings. The molecule has 2 aliphatic rings. The third-order valence-corrected chi connectivity index (χ3v) is 4.80. The van der Waals surface area contributed by atoms with Crippen molar-refractivity contribution in [3.8, 4) is 0 Å². The second-order valence-electron chi connectivity index (χ2n) is 6.08. The van der Waals surface area contributed by atoms with Gasteiger partial charge in [-0.25, -0.2) is 0 Å². The first-order chi connectivity index (χ1) is 9.67. The van der Waals surface area contributed by atoms with Crippen LogP contribution in [0.5, 0.6) is 0 Å². The molecule has 0 aliphatic carbocycles. The minimum Gasteiger partial charge on any atom is -0.378 e. The molecule has 1 aromatic rings. The molecular weight excluding hydrogens is 274 g/mol. The summed E-state index contributed by atoms with van der Waals surface area (Å²) in [6.45, 7) is 2.35. The highest BCUT2D eigenvalue weighted by Crippen LogP contribution is 2.37. The van der Waals surface area contributed by atoms with Gasteiger partial charge in [0.2, 0.25) is 0 Å². The molecule has 20 heavy (non-hydrogen) atoms. The Morgan fingerprint density at radius 2 is 2.30 bits per heavy atom. The molecular formula is C16H22ClNO2.